The van der Waals surface area contributed by atoms with Crippen molar-refractivity contribution in [3.63, 3.8) is 0 Å². The molecule has 1 N–H and O–H groups in total. The second kappa shape index (κ2) is 12.6. The van der Waals surface area contributed by atoms with Crippen LogP contribution >= 0.6 is 34.5 Å². The number of aromatic nitrogens is 2. The highest BCUT2D eigenvalue weighted by molar-refractivity contribution is 7.19. The maximum Gasteiger partial charge on any atom is 0.263 e. The van der Waals surface area contributed by atoms with Crippen LogP contribution in [0.2, 0.25) is 10.0 Å². The minimum Gasteiger partial charge on any atom is -0.493 e. The number of rotatable bonds is 9. The van der Waals surface area contributed by atoms with Gasteiger partial charge in [-0.05, 0) is 48.4 Å². The molecule has 0 spiro atoms. The molecule has 0 unspecified atom stereocenters. The van der Waals surface area contributed by atoms with Gasteiger partial charge in [-0.1, -0.05) is 59.6 Å². The van der Waals surface area contributed by atoms with Gasteiger partial charge in [-0.25, -0.2) is 10.4 Å². The normalized spacial score (nSPS) is 11.2. The third kappa shape index (κ3) is 6.27. The number of carbonyl (C=O) groups is 1. The topological polar surface area (TPSA) is 94.8 Å². The molecule has 0 aliphatic rings. The van der Waals surface area contributed by atoms with Gasteiger partial charge >= 0.3 is 0 Å². The van der Waals surface area contributed by atoms with E-state index in [1.54, 1.807) is 36.4 Å². The maximum atomic E-state index is 13.3. The number of carbonyl (C=O) groups excluding carboxylic acids is 1. The quantitative estimate of drug-likeness (QED) is 0.153. The summed E-state index contributed by atoms with van der Waals surface area (Å²) in [7, 11) is 1.52. The zero-order valence-electron chi connectivity index (χ0n) is 22.1. The summed E-state index contributed by atoms with van der Waals surface area (Å²) in [5.41, 5.74) is 5.28. The fourth-order valence-electron chi connectivity index (χ4n) is 4.28. The first-order chi connectivity index (χ1) is 19.9. The van der Waals surface area contributed by atoms with Crippen LogP contribution in [0.3, 0.4) is 0 Å². The van der Waals surface area contributed by atoms with Gasteiger partial charge in [0.05, 0.1) is 25.0 Å². The molecule has 0 aliphatic carbocycles. The number of nitrogens with zero attached hydrogens (tertiary/aromatic N) is 3. The molecule has 5 aromatic rings. The van der Waals surface area contributed by atoms with Crippen LogP contribution in [-0.2, 0) is 17.9 Å². The highest BCUT2D eigenvalue weighted by Gasteiger charge is 2.17. The molecule has 8 nitrogen and oxygen atoms in total. The maximum absolute atomic E-state index is 13.3. The first kappa shape index (κ1) is 28.4. The molecule has 0 aliphatic heterocycles. The van der Waals surface area contributed by atoms with E-state index in [4.69, 9.17) is 32.7 Å². The highest BCUT2D eigenvalue weighted by Crippen LogP contribution is 2.35. The monoisotopic (exact) mass is 606 g/mol. The van der Waals surface area contributed by atoms with E-state index in [0.29, 0.717) is 42.9 Å². The SMILES string of the molecule is COc1cc(/C=N/NC(=O)Cn2cnc3sc(C)c(-c4ccccc4)c3c2=O)ccc1OCc1c(Cl)cccc1Cl. The van der Waals surface area contributed by atoms with Crippen LogP contribution in [-0.4, -0.2) is 28.8 Å². The van der Waals surface area contributed by atoms with Crippen molar-refractivity contribution in [3.8, 4) is 22.6 Å². The van der Waals surface area contributed by atoms with Gasteiger partial charge in [0.25, 0.3) is 11.5 Å². The molecular formula is C30H24Cl2N4O4S. The molecule has 0 fully saturated rings. The Morgan fingerprint density at radius 3 is 2.56 bits per heavy atom. The zero-order valence-corrected chi connectivity index (χ0v) is 24.4. The number of hydrogen-bond acceptors (Lipinski definition) is 7. The molecule has 208 valence electrons. The summed E-state index contributed by atoms with van der Waals surface area (Å²) in [5.74, 6) is 0.487. The van der Waals surface area contributed by atoms with Crippen molar-refractivity contribution in [2.24, 2.45) is 5.10 Å². The van der Waals surface area contributed by atoms with Crippen LogP contribution in [0.4, 0.5) is 0 Å². The molecule has 0 bridgehead atoms. The average Bonchev–Trinajstić information content (AvgIpc) is 3.31. The van der Waals surface area contributed by atoms with Gasteiger partial charge < -0.3 is 9.47 Å². The smallest absolute Gasteiger partial charge is 0.263 e. The Morgan fingerprint density at radius 2 is 1.83 bits per heavy atom. The van der Waals surface area contributed by atoms with Gasteiger partial charge in [0, 0.05) is 26.0 Å². The van der Waals surface area contributed by atoms with Crippen LogP contribution in [0.5, 0.6) is 11.5 Å². The number of amides is 1. The fraction of sp³-hybridized carbons (Fsp3) is 0.133. The van der Waals surface area contributed by atoms with Crippen molar-refractivity contribution in [2.45, 2.75) is 20.1 Å². The lowest BCUT2D eigenvalue weighted by molar-refractivity contribution is -0.121. The molecule has 5 rings (SSSR count). The zero-order chi connectivity index (χ0) is 28.9. The van der Waals surface area contributed by atoms with Crippen LogP contribution < -0.4 is 20.5 Å². The number of hydrazone groups is 1. The number of ether oxygens (including phenoxy) is 2. The number of methoxy groups -OCH3 is 1. The number of aryl methyl sites for hydroxylation is 1. The summed E-state index contributed by atoms with van der Waals surface area (Å²) in [6.07, 6.45) is 2.85. The van der Waals surface area contributed by atoms with E-state index in [2.05, 4.69) is 15.5 Å². The van der Waals surface area contributed by atoms with E-state index in [1.807, 2.05) is 37.3 Å². The molecule has 0 saturated carbocycles. The lowest BCUT2D eigenvalue weighted by Crippen LogP contribution is -2.30. The fourth-order valence-corrected chi connectivity index (χ4v) is 5.79. The third-order valence-corrected chi connectivity index (χ3v) is 7.98. The second-order valence-electron chi connectivity index (χ2n) is 8.95. The third-order valence-electron chi connectivity index (χ3n) is 6.26. The van der Waals surface area contributed by atoms with Gasteiger partial charge in [-0.3, -0.25) is 14.2 Å². The van der Waals surface area contributed by atoms with Crippen molar-refractivity contribution in [1.82, 2.24) is 15.0 Å². The molecule has 1 amide bonds. The highest BCUT2D eigenvalue weighted by atomic mass is 35.5. The molecule has 11 heteroatoms. The first-order valence-electron chi connectivity index (χ1n) is 12.4. The summed E-state index contributed by atoms with van der Waals surface area (Å²) in [6.45, 7) is 1.89. The molecule has 0 atom stereocenters. The number of hydrogen-bond donors (Lipinski definition) is 1. The Labute approximate surface area is 249 Å². The lowest BCUT2D eigenvalue weighted by atomic mass is 10.0. The predicted molar refractivity (Wildman–Crippen MR) is 164 cm³/mol. The van der Waals surface area contributed by atoms with E-state index < -0.39 is 5.91 Å². The average molecular weight is 608 g/mol. The standard InChI is InChI=1S/C30H24Cl2N4O4S/c1-18-27(20-7-4-3-5-8-20)28-29(41-18)33-17-36(30(28)38)15-26(37)35-34-14-19-11-12-24(25(13-19)39-2)40-16-21-22(31)9-6-10-23(21)32/h3-14,17H,15-16H2,1-2H3,(H,35,37)/b34-14+. The van der Waals surface area contributed by atoms with Crippen molar-refractivity contribution >= 4 is 56.9 Å². The van der Waals surface area contributed by atoms with Crippen molar-refractivity contribution in [3.05, 3.63) is 109 Å². The molecule has 3 aromatic carbocycles. The van der Waals surface area contributed by atoms with E-state index >= 15 is 0 Å². The molecular weight excluding hydrogens is 583 g/mol. The van der Waals surface area contributed by atoms with Gasteiger partial charge in [0.15, 0.2) is 11.5 Å². The van der Waals surface area contributed by atoms with Crippen LogP contribution in [0.25, 0.3) is 21.3 Å². The summed E-state index contributed by atoms with van der Waals surface area (Å²) in [5, 5.41) is 5.56. The number of nitrogens with one attached hydrogen (secondary N) is 1. The van der Waals surface area contributed by atoms with Crippen molar-refractivity contribution in [1.29, 1.82) is 0 Å². The Balaban J connectivity index is 1.26. The first-order valence-corrected chi connectivity index (χ1v) is 14.0. The minimum atomic E-state index is -0.471. The molecule has 0 radical (unpaired) electrons. The van der Waals surface area contributed by atoms with E-state index in [1.165, 1.54) is 35.6 Å². The Bertz CT molecular complexity index is 1800. The van der Waals surface area contributed by atoms with E-state index in [-0.39, 0.29) is 18.7 Å². The van der Waals surface area contributed by atoms with Crippen LogP contribution in [0, 0.1) is 6.92 Å². The molecule has 41 heavy (non-hydrogen) atoms. The summed E-state index contributed by atoms with van der Waals surface area (Å²) in [4.78, 5) is 32.0. The summed E-state index contributed by atoms with van der Waals surface area (Å²) < 4.78 is 12.6. The van der Waals surface area contributed by atoms with Crippen molar-refractivity contribution in [2.75, 3.05) is 7.11 Å². The largest absolute Gasteiger partial charge is 0.493 e. The van der Waals surface area contributed by atoms with Crippen LogP contribution in [0.15, 0.2) is 83.0 Å². The van der Waals surface area contributed by atoms with Crippen molar-refractivity contribution < 1.29 is 14.3 Å². The van der Waals surface area contributed by atoms with E-state index in [9.17, 15) is 9.59 Å². The Kier molecular flexibility index (Phi) is 8.68. The number of benzene rings is 3. The van der Waals surface area contributed by atoms with Gasteiger partial charge in [0.1, 0.15) is 18.0 Å². The number of thiophene rings is 1. The molecule has 0 saturated heterocycles. The molecule has 2 heterocycles. The summed E-state index contributed by atoms with van der Waals surface area (Å²) in [6, 6.07) is 20.1. The van der Waals surface area contributed by atoms with E-state index in [0.717, 1.165) is 16.0 Å². The minimum absolute atomic E-state index is 0.163. The van der Waals surface area contributed by atoms with Gasteiger partial charge in [-0.15, -0.1) is 11.3 Å². The van der Waals surface area contributed by atoms with Crippen LogP contribution in [0.1, 0.15) is 16.0 Å². The lowest BCUT2D eigenvalue weighted by Gasteiger charge is -2.13. The Hall–Kier alpha value is -4.18. The number of halogens is 2. The predicted octanol–water partition coefficient (Wildman–Crippen LogP) is 6.48. The Morgan fingerprint density at radius 1 is 1.07 bits per heavy atom. The number of fused-ring (bicyclic) bond motifs is 1. The van der Waals surface area contributed by atoms with Gasteiger partial charge in [0.2, 0.25) is 0 Å². The second-order valence-corrected chi connectivity index (χ2v) is 11.0. The molecule has 2 aromatic heterocycles. The van der Waals surface area contributed by atoms with Gasteiger partial charge in [-0.2, -0.15) is 5.10 Å². The summed E-state index contributed by atoms with van der Waals surface area (Å²) >= 11 is 13.9.